The van der Waals surface area contributed by atoms with Crippen molar-refractivity contribution in [2.75, 3.05) is 7.05 Å². The van der Waals surface area contributed by atoms with E-state index in [-0.39, 0.29) is 5.91 Å². The molecule has 0 saturated carbocycles. The number of likely N-dealkylation sites (N-methyl/N-ethyl adjacent to an activating group) is 1. The van der Waals surface area contributed by atoms with Gasteiger partial charge in [0.05, 0.1) is 6.54 Å². The molecule has 0 aliphatic carbocycles. The molecule has 0 bridgehead atoms. The SMILES string of the molecule is CN(Cc1cc2ccccc2n1C)C(=O)/C=C/c1cnc2[nH]c3ccccc3c2c1. The Kier molecular flexibility index (Phi) is 4.36. The second-order valence-corrected chi connectivity index (χ2v) is 7.62. The Balaban J connectivity index is 1.36. The van der Waals surface area contributed by atoms with Gasteiger partial charge in [0.1, 0.15) is 5.65 Å². The molecule has 0 aliphatic heterocycles. The number of carbonyl (C=O) groups excluding carboxylic acids is 1. The topological polar surface area (TPSA) is 53.9 Å². The summed E-state index contributed by atoms with van der Waals surface area (Å²) in [6.07, 6.45) is 5.22. The van der Waals surface area contributed by atoms with Gasteiger partial charge in [-0.3, -0.25) is 4.79 Å². The number of hydrogen-bond donors (Lipinski definition) is 1. The van der Waals surface area contributed by atoms with Gasteiger partial charge in [-0.1, -0.05) is 36.4 Å². The highest BCUT2D eigenvalue weighted by atomic mass is 16.2. The van der Waals surface area contributed by atoms with Gasteiger partial charge in [-0.05, 0) is 41.3 Å². The van der Waals surface area contributed by atoms with Gasteiger partial charge in [-0.15, -0.1) is 0 Å². The van der Waals surface area contributed by atoms with E-state index < -0.39 is 0 Å². The third-order valence-electron chi connectivity index (χ3n) is 5.62. The highest BCUT2D eigenvalue weighted by Gasteiger charge is 2.11. The molecule has 1 amide bonds. The number of H-pyrrole nitrogens is 1. The first-order valence-electron chi connectivity index (χ1n) is 9.93. The standard InChI is InChI=1S/C25H22N4O/c1-28(16-19-14-18-7-3-6-10-23(18)29(19)2)24(30)12-11-17-13-21-20-8-4-5-9-22(20)27-25(21)26-15-17/h3-15H,16H2,1-2H3,(H,26,27)/b12-11+. The van der Waals surface area contributed by atoms with Gasteiger partial charge in [0, 0.05) is 53.9 Å². The molecule has 3 aromatic heterocycles. The molecule has 0 spiro atoms. The first-order valence-corrected chi connectivity index (χ1v) is 9.93. The molecule has 0 unspecified atom stereocenters. The second-order valence-electron chi connectivity index (χ2n) is 7.62. The zero-order valence-electron chi connectivity index (χ0n) is 17.0. The number of nitrogens with one attached hydrogen (secondary N) is 1. The van der Waals surface area contributed by atoms with Crippen LogP contribution in [0.5, 0.6) is 0 Å². The number of aryl methyl sites for hydroxylation is 1. The summed E-state index contributed by atoms with van der Waals surface area (Å²) in [7, 11) is 3.86. The quantitative estimate of drug-likeness (QED) is 0.442. The minimum absolute atomic E-state index is 0.0423. The number of nitrogens with zero attached hydrogens (tertiary/aromatic N) is 3. The molecular weight excluding hydrogens is 372 g/mol. The fourth-order valence-corrected chi connectivity index (χ4v) is 3.94. The molecule has 0 saturated heterocycles. The molecule has 148 valence electrons. The van der Waals surface area contributed by atoms with Gasteiger partial charge in [0.15, 0.2) is 0 Å². The van der Waals surface area contributed by atoms with E-state index >= 15 is 0 Å². The van der Waals surface area contributed by atoms with Crippen LogP contribution in [0, 0.1) is 0 Å². The van der Waals surface area contributed by atoms with E-state index in [1.165, 1.54) is 10.9 Å². The number of pyridine rings is 1. The highest BCUT2D eigenvalue weighted by molar-refractivity contribution is 6.06. The van der Waals surface area contributed by atoms with Crippen molar-refractivity contribution in [2.24, 2.45) is 7.05 Å². The van der Waals surface area contributed by atoms with E-state index in [1.807, 2.05) is 50.5 Å². The largest absolute Gasteiger partial charge is 0.346 e. The van der Waals surface area contributed by atoms with Crippen molar-refractivity contribution >= 4 is 44.8 Å². The Morgan fingerprint density at radius 3 is 2.77 bits per heavy atom. The molecule has 0 aliphatic rings. The Morgan fingerprint density at radius 1 is 1.10 bits per heavy atom. The van der Waals surface area contributed by atoms with Crippen LogP contribution in [0.15, 0.2) is 72.9 Å². The van der Waals surface area contributed by atoms with Gasteiger partial charge >= 0.3 is 0 Å². The lowest BCUT2D eigenvalue weighted by atomic mass is 10.1. The second kappa shape index (κ2) is 7.19. The molecule has 5 nitrogen and oxygen atoms in total. The van der Waals surface area contributed by atoms with E-state index in [0.29, 0.717) is 6.54 Å². The molecule has 5 aromatic rings. The number of benzene rings is 2. The maximum atomic E-state index is 12.7. The molecule has 0 fully saturated rings. The van der Waals surface area contributed by atoms with Crippen LogP contribution in [0.25, 0.3) is 38.9 Å². The normalized spacial score (nSPS) is 11.8. The van der Waals surface area contributed by atoms with Gasteiger partial charge in [-0.25, -0.2) is 4.98 Å². The molecule has 1 N–H and O–H groups in total. The summed E-state index contributed by atoms with van der Waals surface area (Å²) in [5, 5.41) is 3.38. The van der Waals surface area contributed by atoms with Crippen LogP contribution in [0.3, 0.4) is 0 Å². The first-order chi connectivity index (χ1) is 14.6. The lowest BCUT2D eigenvalue weighted by molar-refractivity contribution is -0.125. The van der Waals surface area contributed by atoms with Crippen LogP contribution in [0.2, 0.25) is 0 Å². The molecule has 5 rings (SSSR count). The zero-order valence-corrected chi connectivity index (χ0v) is 17.0. The fraction of sp³-hybridized carbons (Fsp3) is 0.120. The third kappa shape index (κ3) is 3.14. The van der Waals surface area contributed by atoms with Gasteiger partial charge in [-0.2, -0.15) is 0 Å². The number of aromatic amines is 1. The smallest absolute Gasteiger partial charge is 0.246 e. The number of fused-ring (bicyclic) bond motifs is 4. The van der Waals surface area contributed by atoms with E-state index in [2.05, 4.69) is 44.9 Å². The maximum absolute atomic E-state index is 12.7. The predicted octanol–water partition coefficient (Wildman–Crippen LogP) is 4.88. The number of rotatable bonds is 4. The number of para-hydroxylation sites is 2. The summed E-state index contributed by atoms with van der Waals surface area (Å²) in [6, 6.07) is 20.6. The van der Waals surface area contributed by atoms with Crippen LogP contribution in [-0.4, -0.2) is 32.4 Å². The summed E-state index contributed by atoms with van der Waals surface area (Å²) >= 11 is 0. The van der Waals surface area contributed by atoms with Gasteiger partial charge < -0.3 is 14.5 Å². The number of hydrogen-bond acceptors (Lipinski definition) is 2. The zero-order chi connectivity index (χ0) is 20.7. The minimum Gasteiger partial charge on any atom is -0.346 e. The molecule has 3 heterocycles. The Hall–Kier alpha value is -3.86. The van der Waals surface area contributed by atoms with Crippen molar-refractivity contribution in [1.29, 1.82) is 0 Å². The molecule has 5 heteroatoms. The summed E-state index contributed by atoms with van der Waals surface area (Å²) in [6.45, 7) is 0.550. The third-order valence-corrected chi connectivity index (χ3v) is 5.62. The van der Waals surface area contributed by atoms with Gasteiger partial charge in [0.2, 0.25) is 5.91 Å². The van der Waals surface area contributed by atoms with Gasteiger partial charge in [0.25, 0.3) is 0 Å². The fourth-order valence-electron chi connectivity index (χ4n) is 3.94. The Labute approximate surface area is 174 Å². The summed E-state index contributed by atoms with van der Waals surface area (Å²) < 4.78 is 2.14. The van der Waals surface area contributed by atoms with Crippen LogP contribution >= 0.6 is 0 Å². The summed E-state index contributed by atoms with van der Waals surface area (Å²) in [4.78, 5) is 22.2. The average Bonchev–Trinajstić information content (AvgIpc) is 3.29. The molecule has 2 aromatic carbocycles. The minimum atomic E-state index is -0.0423. The molecule has 30 heavy (non-hydrogen) atoms. The molecule has 0 atom stereocenters. The monoisotopic (exact) mass is 394 g/mol. The Morgan fingerprint density at radius 2 is 1.90 bits per heavy atom. The highest BCUT2D eigenvalue weighted by Crippen LogP contribution is 2.25. The number of aromatic nitrogens is 3. The lowest BCUT2D eigenvalue weighted by Crippen LogP contribution is -2.25. The van der Waals surface area contributed by atoms with Crippen LogP contribution in [0.1, 0.15) is 11.3 Å². The van der Waals surface area contributed by atoms with E-state index in [1.54, 1.807) is 17.2 Å². The van der Waals surface area contributed by atoms with Crippen LogP contribution in [0.4, 0.5) is 0 Å². The summed E-state index contributed by atoms with van der Waals surface area (Å²) in [5.74, 6) is -0.0423. The number of carbonyl (C=O) groups is 1. The molecule has 0 radical (unpaired) electrons. The van der Waals surface area contributed by atoms with Crippen molar-refractivity contribution in [3.63, 3.8) is 0 Å². The van der Waals surface area contributed by atoms with Crippen LogP contribution < -0.4 is 0 Å². The van der Waals surface area contributed by atoms with Crippen molar-refractivity contribution in [3.05, 3.63) is 84.2 Å². The maximum Gasteiger partial charge on any atom is 0.246 e. The van der Waals surface area contributed by atoms with Crippen molar-refractivity contribution < 1.29 is 4.79 Å². The Bertz CT molecular complexity index is 1420. The average molecular weight is 394 g/mol. The lowest BCUT2D eigenvalue weighted by Gasteiger charge is -2.15. The first kappa shape index (κ1) is 18.2. The van der Waals surface area contributed by atoms with E-state index in [9.17, 15) is 4.79 Å². The van der Waals surface area contributed by atoms with Crippen molar-refractivity contribution in [1.82, 2.24) is 19.4 Å². The summed E-state index contributed by atoms with van der Waals surface area (Å²) in [5.41, 5.74) is 5.09. The predicted molar refractivity (Wildman–Crippen MR) is 122 cm³/mol. The molecular formula is C25H22N4O. The van der Waals surface area contributed by atoms with E-state index in [0.717, 1.165) is 33.2 Å². The van der Waals surface area contributed by atoms with E-state index in [4.69, 9.17) is 0 Å². The number of amides is 1. The van der Waals surface area contributed by atoms with Crippen molar-refractivity contribution in [2.45, 2.75) is 6.54 Å². The van der Waals surface area contributed by atoms with Crippen molar-refractivity contribution in [3.8, 4) is 0 Å². The van der Waals surface area contributed by atoms with Crippen LogP contribution in [-0.2, 0) is 18.4 Å².